The van der Waals surface area contributed by atoms with Gasteiger partial charge in [-0.2, -0.15) is 8.42 Å². The highest BCUT2D eigenvalue weighted by Gasteiger charge is 2.48. The number of para-hydroxylation sites is 1. The Balaban J connectivity index is 1.63. The Labute approximate surface area is 200 Å². The molecule has 35 heavy (non-hydrogen) atoms. The molecule has 4 rings (SSSR count). The van der Waals surface area contributed by atoms with Crippen LogP contribution >= 0.6 is 0 Å². The van der Waals surface area contributed by atoms with Crippen LogP contribution in [-0.2, 0) is 21.5 Å². The Morgan fingerprint density at radius 2 is 1.77 bits per heavy atom. The van der Waals surface area contributed by atoms with Crippen molar-refractivity contribution >= 4 is 44.3 Å². The highest BCUT2D eigenvalue weighted by molar-refractivity contribution is 7.85. The lowest BCUT2D eigenvalue weighted by Gasteiger charge is -2.42. The van der Waals surface area contributed by atoms with Gasteiger partial charge in [0, 0.05) is 24.1 Å². The van der Waals surface area contributed by atoms with Crippen molar-refractivity contribution in [3.63, 3.8) is 0 Å². The number of aliphatic carboxylic acids is 1. The summed E-state index contributed by atoms with van der Waals surface area (Å²) in [4.78, 5) is 24.7. The minimum Gasteiger partial charge on any atom is -0.477 e. The van der Waals surface area contributed by atoms with Gasteiger partial charge in [-0.15, -0.1) is 4.65 Å². The minimum atomic E-state index is -4.56. The Kier molecular flexibility index (Phi) is 6.49. The van der Waals surface area contributed by atoms with Crippen molar-refractivity contribution in [1.29, 1.82) is 0 Å². The number of amides is 1. The van der Waals surface area contributed by atoms with Crippen LogP contribution in [0.25, 0.3) is 10.8 Å². The lowest BCUT2D eigenvalue weighted by Crippen LogP contribution is -2.67. The zero-order valence-corrected chi connectivity index (χ0v) is 19.2. The van der Waals surface area contributed by atoms with Crippen LogP contribution in [0, 0.1) is 0 Å². The first-order chi connectivity index (χ1) is 16.5. The first-order valence-corrected chi connectivity index (χ1v) is 12.1. The molecule has 5 N–H and O–H groups in total. The van der Waals surface area contributed by atoms with Gasteiger partial charge in [-0.1, -0.05) is 30.3 Å². The summed E-state index contributed by atoms with van der Waals surface area (Å²) in [7, 11) is -4.56. The van der Waals surface area contributed by atoms with E-state index in [1.807, 2.05) is 4.90 Å². The molecule has 3 aromatic rings. The lowest BCUT2D eigenvalue weighted by atomic mass is 10.0. The molecular formula is C23H24N3O8S+. The molecule has 3 aromatic carbocycles. The summed E-state index contributed by atoms with van der Waals surface area (Å²) < 4.78 is 31.9. The predicted octanol–water partition coefficient (Wildman–Crippen LogP) is 2.84. The number of carbonyl (C=O) groups is 2. The molecule has 11 nitrogen and oxygen atoms in total. The molecule has 0 aliphatic carbocycles. The van der Waals surface area contributed by atoms with E-state index in [1.54, 1.807) is 48.5 Å². The van der Waals surface area contributed by atoms with Crippen molar-refractivity contribution < 1.29 is 38.0 Å². The molecule has 0 aromatic heterocycles. The number of anilines is 1. The molecule has 1 fully saturated rings. The fourth-order valence-corrected chi connectivity index (χ4v) is 4.96. The molecule has 0 spiro atoms. The van der Waals surface area contributed by atoms with Crippen molar-refractivity contribution in [2.24, 2.45) is 0 Å². The summed E-state index contributed by atoms with van der Waals surface area (Å²) in [5.41, 5.74) is 1.21. The van der Waals surface area contributed by atoms with Gasteiger partial charge < -0.3 is 10.2 Å². The number of piperazine rings is 1. The van der Waals surface area contributed by atoms with E-state index in [9.17, 15) is 32.9 Å². The van der Waals surface area contributed by atoms with Gasteiger partial charge in [0.05, 0.1) is 23.7 Å². The molecule has 12 heteroatoms. The summed E-state index contributed by atoms with van der Waals surface area (Å²) in [6, 6.07) is 14.8. The van der Waals surface area contributed by atoms with E-state index in [-0.39, 0.29) is 18.8 Å². The Hall–Kier alpha value is -3.55. The Bertz CT molecular complexity index is 1400. The van der Waals surface area contributed by atoms with Gasteiger partial charge in [-0.25, -0.2) is 14.8 Å². The number of fused-ring (bicyclic) bond motifs is 1. The monoisotopic (exact) mass is 502 g/mol. The molecule has 0 saturated carbocycles. The van der Waals surface area contributed by atoms with E-state index in [4.69, 9.17) is 5.11 Å². The van der Waals surface area contributed by atoms with Gasteiger partial charge in [0.2, 0.25) is 6.04 Å². The van der Waals surface area contributed by atoms with Crippen LogP contribution in [0.2, 0.25) is 0 Å². The third-order valence-corrected chi connectivity index (χ3v) is 6.96. The van der Waals surface area contributed by atoms with E-state index in [0.717, 1.165) is 11.6 Å². The maximum Gasteiger partial charge on any atom is 0.409 e. The number of nitrogens with zero attached hydrogens (tertiary/aromatic N) is 2. The number of hydroxylamine groups is 2. The maximum absolute atomic E-state index is 12.0. The highest BCUT2D eigenvalue weighted by atomic mass is 32.2. The molecule has 2 unspecified atom stereocenters. The van der Waals surface area contributed by atoms with Crippen molar-refractivity contribution in [2.75, 3.05) is 25.0 Å². The van der Waals surface area contributed by atoms with E-state index in [0.29, 0.717) is 29.5 Å². The summed E-state index contributed by atoms with van der Waals surface area (Å²) in [5, 5.41) is 33.2. The molecule has 1 amide bonds. The molecule has 0 bridgehead atoms. The SMILES string of the molecule is O=C(O)Nc1cc(S(=O)(=O)O)cc2ccc(CN3CC[N+](O)(c4ccccc4)C(C(=O)O)C3)cc12. The van der Waals surface area contributed by atoms with E-state index in [1.165, 1.54) is 6.07 Å². The quantitative estimate of drug-likeness (QED) is 0.252. The van der Waals surface area contributed by atoms with Crippen molar-refractivity contribution in [3.05, 3.63) is 66.2 Å². The van der Waals surface area contributed by atoms with Crippen LogP contribution in [0.1, 0.15) is 5.56 Å². The number of hydrogen-bond donors (Lipinski definition) is 5. The number of hydrogen-bond acceptors (Lipinski definition) is 6. The summed E-state index contributed by atoms with van der Waals surface area (Å²) in [5.74, 6) is -1.13. The van der Waals surface area contributed by atoms with Crippen molar-refractivity contribution in [3.8, 4) is 0 Å². The molecule has 1 aliphatic rings. The number of rotatable bonds is 6. The van der Waals surface area contributed by atoms with E-state index >= 15 is 0 Å². The van der Waals surface area contributed by atoms with Crippen LogP contribution < -0.4 is 9.96 Å². The standard InChI is InChI=1S/C23H23N3O8S/c27-22(28)21-14-25(8-9-26(21,31)17-4-2-1-3-5-17)13-15-6-7-16-11-18(35(32,33)34)12-20(19(16)10-15)24-23(29)30/h1-7,10-12,21,24,31H,8-9,13-14H2,(H2-,27,28,29,30,32,33,34)/p+1. The second kappa shape index (κ2) is 9.24. The Morgan fingerprint density at radius 1 is 1.06 bits per heavy atom. The average Bonchev–Trinajstić information content (AvgIpc) is 2.80. The van der Waals surface area contributed by atoms with Crippen LogP contribution in [0.15, 0.2) is 65.6 Å². The van der Waals surface area contributed by atoms with Crippen molar-refractivity contribution in [1.82, 2.24) is 9.55 Å². The van der Waals surface area contributed by atoms with Gasteiger partial charge in [-0.05, 0) is 29.1 Å². The fourth-order valence-electron chi connectivity index (χ4n) is 4.42. The normalized spacial score (nSPS) is 21.0. The number of nitrogens with one attached hydrogen (secondary N) is 1. The minimum absolute atomic E-state index is 0.0124. The van der Waals surface area contributed by atoms with Crippen LogP contribution in [-0.4, -0.2) is 71.0 Å². The summed E-state index contributed by atoms with van der Waals surface area (Å²) in [6.45, 7) is 0.939. The van der Waals surface area contributed by atoms with Gasteiger partial charge >= 0.3 is 12.1 Å². The maximum atomic E-state index is 12.0. The van der Waals surface area contributed by atoms with Gasteiger partial charge in [0.1, 0.15) is 6.54 Å². The third-order valence-electron chi connectivity index (χ3n) is 6.13. The Morgan fingerprint density at radius 3 is 2.40 bits per heavy atom. The largest absolute Gasteiger partial charge is 0.477 e. The molecule has 2 atom stereocenters. The molecule has 1 heterocycles. The molecule has 184 valence electrons. The van der Waals surface area contributed by atoms with Crippen LogP contribution in [0.4, 0.5) is 16.2 Å². The number of benzene rings is 3. The van der Waals surface area contributed by atoms with Crippen molar-refractivity contribution in [2.45, 2.75) is 17.5 Å². The second-order valence-corrected chi connectivity index (χ2v) is 9.83. The second-order valence-electron chi connectivity index (χ2n) is 8.41. The first-order valence-electron chi connectivity index (χ1n) is 10.6. The fraction of sp³-hybridized carbons (Fsp3) is 0.217. The number of carboxylic acids is 1. The number of carboxylic acid groups (broad SMARTS) is 2. The molecule has 1 aliphatic heterocycles. The first kappa shape index (κ1) is 24.6. The summed E-state index contributed by atoms with van der Waals surface area (Å²) in [6.07, 6.45) is -1.40. The number of quaternary nitrogens is 1. The van der Waals surface area contributed by atoms with Crippen LogP contribution in [0.3, 0.4) is 0 Å². The van der Waals surface area contributed by atoms with Gasteiger partial charge in [0.15, 0.2) is 5.69 Å². The third kappa shape index (κ3) is 5.11. The van der Waals surface area contributed by atoms with Gasteiger partial charge in [-0.3, -0.25) is 14.8 Å². The predicted molar refractivity (Wildman–Crippen MR) is 127 cm³/mol. The molecular weight excluding hydrogens is 478 g/mol. The highest BCUT2D eigenvalue weighted by Crippen LogP contribution is 2.31. The zero-order chi connectivity index (χ0) is 25.4. The molecule has 1 saturated heterocycles. The molecule has 0 radical (unpaired) electrons. The topological polar surface area (TPSA) is 164 Å². The smallest absolute Gasteiger partial charge is 0.409 e. The van der Waals surface area contributed by atoms with E-state index < -0.39 is 37.8 Å². The summed E-state index contributed by atoms with van der Waals surface area (Å²) >= 11 is 0. The van der Waals surface area contributed by atoms with Gasteiger partial charge in [0.25, 0.3) is 10.1 Å². The van der Waals surface area contributed by atoms with Crippen LogP contribution in [0.5, 0.6) is 0 Å². The van der Waals surface area contributed by atoms with E-state index in [2.05, 4.69) is 5.32 Å². The zero-order valence-electron chi connectivity index (χ0n) is 18.4. The lowest BCUT2D eigenvalue weighted by molar-refractivity contribution is -0.177. The average molecular weight is 503 g/mol.